The van der Waals surface area contributed by atoms with Gasteiger partial charge in [0.1, 0.15) is 5.82 Å². The largest absolute Gasteiger partial charge is 0.324 e. The molecule has 3 aromatic rings. The fraction of sp³-hybridized carbons (Fsp3) is 0.125. The second-order valence-corrected chi connectivity index (χ2v) is 6.05. The van der Waals surface area contributed by atoms with Crippen LogP contribution < -0.4 is 5.73 Å². The van der Waals surface area contributed by atoms with E-state index in [4.69, 9.17) is 17.3 Å². The van der Waals surface area contributed by atoms with Gasteiger partial charge in [-0.25, -0.2) is 4.39 Å². The van der Waals surface area contributed by atoms with Crippen molar-refractivity contribution in [2.45, 2.75) is 12.5 Å². The van der Waals surface area contributed by atoms with E-state index >= 15 is 0 Å². The Bertz CT molecular complexity index is 753. The third-order valence-corrected chi connectivity index (χ3v) is 4.70. The molecule has 0 bridgehead atoms. The summed E-state index contributed by atoms with van der Waals surface area (Å²) in [5.74, 6) is -0.326. The number of rotatable bonds is 3. The molecule has 0 saturated heterocycles. The lowest BCUT2D eigenvalue weighted by molar-refractivity contribution is 0.626. The summed E-state index contributed by atoms with van der Waals surface area (Å²) in [5, 5.41) is 3.70. The number of hydrogen-bond donors (Lipinski definition) is 1. The molecule has 20 heavy (non-hydrogen) atoms. The zero-order valence-electron chi connectivity index (χ0n) is 10.6. The summed E-state index contributed by atoms with van der Waals surface area (Å²) in [5.41, 5.74) is 8.29. The van der Waals surface area contributed by atoms with Gasteiger partial charge >= 0.3 is 0 Å². The van der Waals surface area contributed by atoms with Crippen LogP contribution in [0.2, 0.25) is 5.02 Å². The molecule has 1 aromatic heterocycles. The van der Waals surface area contributed by atoms with Crippen molar-refractivity contribution in [2.75, 3.05) is 0 Å². The average Bonchev–Trinajstić information content (AvgIpc) is 2.86. The second-order valence-electron chi connectivity index (χ2n) is 4.73. The molecule has 0 aliphatic carbocycles. The lowest BCUT2D eigenvalue weighted by atomic mass is 9.99. The van der Waals surface area contributed by atoms with Crippen LogP contribution in [0.4, 0.5) is 4.39 Å². The van der Waals surface area contributed by atoms with Gasteiger partial charge in [0.25, 0.3) is 0 Å². The fourth-order valence-electron chi connectivity index (χ4n) is 2.32. The first kappa shape index (κ1) is 13.6. The summed E-state index contributed by atoms with van der Waals surface area (Å²) in [4.78, 5) is 0. The van der Waals surface area contributed by atoms with Crippen molar-refractivity contribution in [1.29, 1.82) is 0 Å². The molecule has 0 saturated carbocycles. The summed E-state index contributed by atoms with van der Waals surface area (Å²) >= 11 is 7.75. The Hall–Kier alpha value is -1.42. The van der Waals surface area contributed by atoms with Crippen LogP contribution in [0.25, 0.3) is 10.1 Å². The summed E-state index contributed by atoms with van der Waals surface area (Å²) in [6.07, 6.45) is 0.597. The van der Waals surface area contributed by atoms with Crippen LogP contribution in [-0.4, -0.2) is 0 Å². The van der Waals surface area contributed by atoms with Gasteiger partial charge in [0, 0.05) is 15.8 Å². The number of thiophene rings is 1. The molecule has 0 aliphatic rings. The normalized spacial score (nSPS) is 12.8. The predicted octanol–water partition coefficient (Wildman–Crippen LogP) is 4.94. The molecule has 2 N–H and O–H groups in total. The van der Waals surface area contributed by atoms with Crippen LogP contribution in [0.5, 0.6) is 0 Å². The highest BCUT2D eigenvalue weighted by molar-refractivity contribution is 7.17. The maximum absolute atomic E-state index is 13.1. The molecule has 1 unspecified atom stereocenters. The monoisotopic (exact) mass is 305 g/mol. The molecule has 2 aromatic carbocycles. The van der Waals surface area contributed by atoms with Gasteiger partial charge in [-0.05, 0) is 46.5 Å². The lowest BCUT2D eigenvalue weighted by Crippen LogP contribution is -2.13. The summed E-state index contributed by atoms with van der Waals surface area (Å²) in [6, 6.07) is 12.5. The number of halogens is 2. The summed E-state index contributed by atoms with van der Waals surface area (Å²) in [6.45, 7) is 0. The van der Waals surface area contributed by atoms with E-state index in [1.165, 1.54) is 22.2 Å². The first-order valence-electron chi connectivity index (χ1n) is 6.31. The molecule has 1 nitrogen and oxygen atoms in total. The minimum Gasteiger partial charge on any atom is -0.324 e. The predicted molar refractivity (Wildman–Crippen MR) is 83.9 cm³/mol. The highest BCUT2D eigenvalue weighted by Crippen LogP contribution is 2.31. The standard InChI is InChI=1S/C16H13ClFNS/c17-14-8-11(18)6-5-10(14)7-15(19)13-9-20-16-4-2-1-3-12(13)16/h1-6,8-9,15H,7,19H2. The molecule has 0 aliphatic heterocycles. The molecular weight excluding hydrogens is 293 g/mol. The molecule has 1 heterocycles. The molecule has 0 amide bonds. The van der Waals surface area contributed by atoms with Crippen LogP contribution >= 0.6 is 22.9 Å². The summed E-state index contributed by atoms with van der Waals surface area (Å²) in [7, 11) is 0. The zero-order chi connectivity index (χ0) is 14.1. The maximum Gasteiger partial charge on any atom is 0.124 e. The molecule has 1 atom stereocenters. The first-order valence-corrected chi connectivity index (χ1v) is 7.56. The van der Waals surface area contributed by atoms with E-state index in [1.807, 2.05) is 12.1 Å². The minimum atomic E-state index is -0.326. The van der Waals surface area contributed by atoms with Crippen molar-refractivity contribution < 1.29 is 4.39 Å². The van der Waals surface area contributed by atoms with E-state index in [-0.39, 0.29) is 11.9 Å². The number of nitrogens with two attached hydrogens (primary N) is 1. The van der Waals surface area contributed by atoms with Crippen LogP contribution in [0.15, 0.2) is 47.8 Å². The zero-order valence-corrected chi connectivity index (χ0v) is 12.2. The van der Waals surface area contributed by atoms with Crippen LogP contribution in [-0.2, 0) is 6.42 Å². The van der Waals surface area contributed by atoms with Crippen molar-refractivity contribution in [3.8, 4) is 0 Å². The molecular formula is C16H13ClFNS. The van der Waals surface area contributed by atoms with Crippen molar-refractivity contribution in [1.82, 2.24) is 0 Å². The van der Waals surface area contributed by atoms with E-state index in [0.29, 0.717) is 11.4 Å². The van der Waals surface area contributed by atoms with Crippen molar-refractivity contribution in [2.24, 2.45) is 5.73 Å². The Morgan fingerprint density at radius 3 is 2.80 bits per heavy atom. The Kier molecular flexibility index (Phi) is 3.74. The van der Waals surface area contributed by atoms with E-state index < -0.39 is 0 Å². The maximum atomic E-state index is 13.1. The van der Waals surface area contributed by atoms with Gasteiger partial charge < -0.3 is 5.73 Å². The van der Waals surface area contributed by atoms with Gasteiger partial charge in [0.15, 0.2) is 0 Å². The summed E-state index contributed by atoms with van der Waals surface area (Å²) < 4.78 is 14.3. The Balaban J connectivity index is 1.91. The lowest BCUT2D eigenvalue weighted by Gasteiger charge is -2.12. The van der Waals surface area contributed by atoms with E-state index in [2.05, 4.69) is 17.5 Å². The highest BCUT2D eigenvalue weighted by atomic mass is 35.5. The number of hydrogen-bond acceptors (Lipinski definition) is 2. The topological polar surface area (TPSA) is 26.0 Å². The highest BCUT2D eigenvalue weighted by Gasteiger charge is 2.14. The van der Waals surface area contributed by atoms with Crippen molar-refractivity contribution in [3.63, 3.8) is 0 Å². The Morgan fingerprint density at radius 1 is 1.20 bits per heavy atom. The fourth-order valence-corrected chi connectivity index (χ4v) is 3.59. The van der Waals surface area contributed by atoms with Crippen LogP contribution in [0.1, 0.15) is 17.2 Å². The molecule has 0 radical (unpaired) electrons. The molecule has 0 spiro atoms. The SMILES string of the molecule is NC(Cc1ccc(F)cc1Cl)c1csc2ccccc12. The van der Waals surface area contributed by atoms with E-state index in [0.717, 1.165) is 11.1 Å². The third kappa shape index (κ3) is 2.57. The van der Waals surface area contributed by atoms with Gasteiger partial charge in [0.05, 0.1) is 0 Å². The quantitative estimate of drug-likeness (QED) is 0.729. The van der Waals surface area contributed by atoms with Gasteiger partial charge in [-0.1, -0.05) is 35.9 Å². The van der Waals surface area contributed by atoms with E-state index in [9.17, 15) is 4.39 Å². The Labute approximate surface area is 125 Å². The Morgan fingerprint density at radius 2 is 2.00 bits per heavy atom. The molecule has 102 valence electrons. The molecule has 0 fully saturated rings. The van der Waals surface area contributed by atoms with Gasteiger partial charge in [-0.15, -0.1) is 11.3 Å². The van der Waals surface area contributed by atoms with Crippen LogP contribution in [0, 0.1) is 5.82 Å². The minimum absolute atomic E-state index is 0.144. The van der Waals surface area contributed by atoms with Gasteiger partial charge in [0.2, 0.25) is 0 Å². The van der Waals surface area contributed by atoms with Crippen LogP contribution in [0.3, 0.4) is 0 Å². The van der Waals surface area contributed by atoms with Crippen molar-refractivity contribution >= 4 is 33.0 Å². The van der Waals surface area contributed by atoms with E-state index in [1.54, 1.807) is 17.4 Å². The van der Waals surface area contributed by atoms with Gasteiger partial charge in [-0.3, -0.25) is 0 Å². The molecule has 3 rings (SSSR count). The average molecular weight is 306 g/mol. The smallest absolute Gasteiger partial charge is 0.124 e. The number of fused-ring (bicyclic) bond motifs is 1. The second kappa shape index (κ2) is 5.52. The van der Waals surface area contributed by atoms with Gasteiger partial charge in [-0.2, -0.15) is 0 Å². The third-order valence-electron chi connectivity index (χ3n) is 3.37. The number of benzene rings is 2. The first-order chi connectivity index (χ1) is 9.65. The van der Waals surface area contributed by atoms with Crippen molar-refractivity contribution in [3.05, 3.63) is 69.8 Å². The molecule has 4 heteroatoms.